The van der Waals surface area contributed by atoms with Gasteiger partial charge in [-0.05, 0) is 13.3 Å². The molecule has 0 aliphatic rings. The van der Waals surface area contributed by atoms with Gasteiger partial charge in [0.05, 0.1) is 7.11 Å². The van der Waals surface area contributed by atoms with Crippen LogP contribution in [0.4, 0.5) is 4.79 Å². The van der Waals surface area contributed by atoms with Gasteiger partial charge in [-0.15, -0.1) is 0 Å². The van der Waals surface area contributed by atoms with Crippen molar-refractivity contribution >= 4 is 22.3 Å². The predicted octanol–water partition coefficient (Wildman–Crippen LogP) is -0.570. The highest BCUT2D eigenvalue weighted by atomic mass is 32.2. The van der Waals surface area contributed by atoms with Gasteiger partial charge in [-0.25, -0.2) is 9.52 Å². The summed E-state index contributed by atoms with van der Waals surface area (Å²) in [6, 6.07) is -0.599. The van der Waals surface area contributed by atoms with E-state index >= 15 is 0 Å². The lowest BCUT2D eigenvalue weighted by atomic mass is 10.2. The number of carboxylic acids is 1. The van der Waals surface area contributed by atoms with Gasteiger partial charge < -0.3 is 9.84 Å². The minimum absolute atomic E-state index is 0.122. The number of carbonyl (C=O) groups excluding carboxylic acids is 1. The summed E-state index contributed by atoms with van der Waals surface area (Å²) in [4.78, 5) is 20.9. The molecule has 0 aromatic heterocycles. The van der Waals surface area contributed by atoms with Crippen LogP contribution in [0.1, 0.15) is 19.8 Å². The number of hydrogen-bond acceptors (Lipinski definition) is 5. The summed E-state index contributed by atoms with van der Waals surface area (Å²) in [5.74, 6) is -1.02. The van der Waals surface area contributed by atoms with Crippen LogP contribution in [0.3, 0.4) is 0 Å². The third kappa shape index (κ3) is 7.01. The van der Waals surface area contributed by atoms with E-state index in [1.165, 1.54) is 6.92 Å². The molecule has 16 heavy (non-hydrogen) atoms. The third-order valence-electron chi connectivity index (χ3n) is 1.55. The second-order valence-electron chi connectivity index (χ2n) is 3.05. The first kappa shape index (κ1) is 14.6. The molecule has 9 heteroatoms. The summed E-state index contributed by atoms with van der Waals surface area (Å²) in [5.41, 5.74) is 0. The standard InChI is InChI=1S/C7H14N2O6S/c1-5(3-4-6(10)11)8-16(13,14)9-7(12)15-2/h5,8H,3-4H2,1-2H3,(H,9,12)(H,10,11). The predicted molar refractivity (Wildman–Crippen MR) is 53.9 cm³/mol. The summed E-state index contributed by atoms with van der Waals surface area (Å²) in [6.45, 7) is 1.49. The van der Waals surface area contributed by atoms with Crippen molar-refractivity contribution < 1.29 is 27.9 Å². The zero-order valence-electron chi connectivity index (χ0n) is 8.89. The Morgan fingerprint density at radius 1 is 1.44 bits per heavy atom. The molecule has 0 aliphatic carbocycles. The number of carbonyl (C=O) groups is 2. The van der Waals surface area contributed by atoms with Crippen LogP contribution in [-0.2, 0) is 19.7 Å². The fourth-order valence-electron chi connectivity index (χ4n) is 0.845. The van der Waals surface area contributed by atoms with E-state index in [1.807, 2.05) is 0 Å². The Kier molecular flexibility index (Phi) is 5.75. The van der Waals surface area contributed by atoms with Crippen LogP contribution < -0.4 is 9.44 Å². The first-order chi connectivity index (χ1) is 7.26. The van der Waals surface area contributed by atoms with Gasteiger partial charge in [0.15, 0.2) is 0 Å². The Labute approximate surface area is 93.2 Å². The Morgan fingerprint density at radius 3 is 2.44 bits per heavy atom. The van der Waals surface area contributed by atoms with Gasteiger partial charge in [0.25, 0.3) is 0 Å². The molecule has 0 aromatic rings. The minimum Gasteiger partial charge on any atom is -0.481 e. The number of ether oxygens (including phenoxy) is 1. The van der Waals surface area contributed by atoms with E-state index in [0.717, 1.165) is 7.11 Å². The van der Waals surface area contributed by atoms with E-state index in [4.69, 9.17) is 5.11 Å². The van der Waals surface area contributed by atoms with Crippen molar-refractivity contribution in [1.82, 2.24) is 9.44 Å². The first-order valence-corrected chi connectivity index (χ1v) is 5.85. The fraction of sp³-hybridized carbons (Fsp3) is 0.714. The molecule has 1 unspecified atom stereocenters. The van der Waals surface area contributed by atoms with Gasteiger partial charge in [-0.3, -0.25) is 4.79 Å². The second-order valence-corrected chi connectivity index (χ2v) is 4.50. The molecule has 0 bridgehead atoms. The van der Waals surface area contributed by atoms with Crippen LogP contribution in [0.25, 0.3) is 0 Å². The molecule has 0 aliphatic heterocycles. The molecule has 0 saturated carbocycles. The summed E-state index contributed by atoms with van der Waals surface area (Å²) < 4.78 is 30.1. The molecular weight excluding hydrogens is 240 g/mol. The number of nitrogens with one attached hydrogen (secondary N) is 2. The van der Waals surface area contributed by atoms with Crippen molar-refractivity contribution in [2.45, 2.75) is 25.8 Å². The molecular formula is C7H14N2O6S. The molecule has 0 aromatic carbocycles. The molecule has 0 rings (SSSR count). The Balaban J connectivity index is 4.15. The van der Waals surface area contributed by atoms with Gasteiger partial charge in [-0.2, -0.15) is 13.1 Å². The number of aliphatic carboxylic acids is 1. The van der Waals surface area contributed by atoms with Gasteiger partial charge in [0.1, 0.15) is 0 Å². The number of amides is 1. The topological polar surface area (TPSA) is 122 Å². The average Bonchev–Trinajstić information content (AvgIpc) is 2.13. The van der Waals surface area contributed by atoms with Gasteiger partial charge in [0, 0.05) is 12.5 Å². The van der Waals surface area contributed by atoms with Crippen LogP contribution >= 0.6 is 0 Å². The monoisotopic (exact) mass is 254 g/mol. The summed E-state index contributed by atoms with van der Waals surface area (Å²) in [7, 11) is -2.98. The van der Waals surface area contributed by atoms with E-state index in [0.29, 0.717) is 0 Å². The van der Waals surface area contributed by atoms with E-state index in [-0.39, 0.29) is 12.8 Å². The molecule has 0 radical (unpaired) electrons. The highest BCUT2D eigenvalue weighted by Gasteiger charge is 2.17. The molecule has 8 nitrogen and oxygen atoms in total. The molecule has 0 heterocycles. The summed E-state index contributed by atoms with van der Waals surface area (Å²) >= 11 is 0. The SMILES string of the molecule is COC(=O)NS(=O)(=O)NC(C)CCC(=O)O. The molecule has 0 saturated heterocycles. The number of carboxylic acid groups (broad SMARTS) is 1. The second kappa shape index (κ2) is 6.28. The molecule has 3 N–H and O–H groups in total. The lowest BCUT2D eigenvalue weighted by molar-refractivity contribution is -0.137. The minimum atomic E-state index is -4.01. The van der Waals surface area contributed by atoms with E-state index in [1.54, 1.807) is 4.72 Å². The summed E-state index contributed by atoms with van der Waals surface area (Å²) in [5, 5.41) is 8.38. The quantitative estimate of drug-likeness (QED) is 0.583. The maximum absolute atomic E-state index is 11.2. The highest BCUT2D eigenvalue weighted by Crippen LogP contribution is 1.97. The van der Waals surface area contributed by atoms with Gasteiger partial charge in [0.2, 0.25) is 0 Å². The maximum Gasteiger partial charge on any atom is 0.421 e. The van der Waals surface area contributed by atoms with Gasteiger partial charge in [-0.1, -0.05) is 0 Å². The van der Waals surface area contributed by atoms with Crippen molar-refractivity contribution in [1.29, 1.82) is 0 Å². The Hall–Kier alpha value is -1.35. The van der Waals surface area contributed by atoms with E-state index in [9.17, 15) is 18.0 Å². The van der Waals surface area contributed by atoms with Crippen molar-refractivity contribution in [3.8, 4) is 0 Å². The number of methoxy groups -OCH3 is 1. The lowest BCUT2D eigenvalue weighted by Gasteiger charge is -2.12. The third-order valence-corrected chi connectivity index (χ3v) is 2.70. The maximum atomic E-state index is 11.2. The highest BCUT2D eigenvalue weighted by molar-refractivity contribution is 7.88. The fourth-order valence-corrected chi connectivity index (χ4v) is 1.85. The van der Waals surface area contributed by atoms with Gasteiger partial charge >= 0.3 is 22.3 Å². The summed E-state index contributed by atoms with van der Waals surface area (Å²) in [6.07, 6.45) is -1.16. The van der Waals surface area contributed by atoms with Crippen molar-refractivity contribution in [2.75, 3.05) is 7.11 Å². The molecule has 1 atom stereocenters. The lowest BCUT2D eigenvalue weighted by Crippen LogP contribution is -2.44. The van der Waals surface area contributed by atoms with Crippen LogP contribution in [0.15, 0.2) is 0 Å². The smallest absolute Gasteiger partial charge is 0.421 e. The van der Waals surface area contributed by atoms with E-state index < -0.39 is 28.3 Å². The zero-order valence-corrected chi connectivity index (χ0v) is 9.70. The van der Waals surface area contributed by atoms with E-state index in [2.05, 4.69) is 9.46 Å². The zero-order chi connectivity index (χ0) is 12.8. The van der Waals surface area contributed by atoms with Crippen LogP contribution in [0, 0.1) is 0 Å². The Morgan fingerprint density at radius 2 is 2.00 bits per heavy atom. The van der Waals surface area contributed by atoms with Crippen LogP contribution in [0.5, 0.6) is 0 Å². The molecule has 94 valence electrons. The number of rotatable bonds is 6. The average molecular weight is 254 g/mol. The Bertz CT molecular complexity index is 352. The van der Waals surface area contributed by atoms with Crippen molar-refractivity contribution in [3.05, 3.63) is 0 Å². The normalized spacial score (nSPS) is 12.9. The largest absolute Gasteiger partial charge is 0.481 e. The van der Waals surface area contributed by atoms with Crippen molar-refractivity contribution in [2.24, 2.45) is 0 Å². The molecule has 0 fully saturated rings. The first-order valence-electron chi connectivity index (χ1n) is 4.36. The van der Waals surface area contributed by atoms with Crippen molar-refractivity contribution in [3.63, 3.8) is 0 Å². The molecule has 0 spiro atoms. The van der Waals surface area contributed by atoms with Crippen LogP contribution in [-0.4, -0.2) is 38.7 Å². The number of hydrogen-bond donors (Lipinski definition) is 3. The molecule has 1 amide bonds. The van der Waals surface area contributed by atoms with Crippen LogP contribution in [0.2, 0.25) is 0 Å².